The minimum atomic E-state index is 0.261. The van der Waals surface area contributed by atoms with Crippen LogP contribution in [0, 0.1) is 29.6 Å². The van der Waals surface area contributed by atoms with Crippen molar-refractivity contribution in [2.45, 2.75) is 79.7 Å². The Morgan fingerprint density at radius 1 is 1.00 bits per heavy atom. The molecule has 1 saturated carbocycles. The molecule has 0 aromatic carbocycles. The van der Waals surface area contributed by atoms with E-state index in [1.807, 2.05) is 0 Å². The normalized spacial score (nSPS) is 29.2. The van der Waals surface area contributed by atoms with E-state index in [9.17, 15) is 0 Å². The average molecular weight is 268 g/mol. The smallest absolute Gasteiger partial charge is 0.00966 e. The van der Waals surface area contributed by atoms with Gasteiger partial charge in [0.2, 0.25) is 0 Å². The lowest BCUT2D eigenvalue weighted by Crippen LogP contribution is -2.42. The highest BCUT2D eigenvalue weighted by Gasteiger charge is 2.32. The predicted molar refractivity (Wildman–Crippen MR) is 86.4 cm³/mol. The number of nitrogens with one attached hydrogen (secondary N) is 1. The molecule has 0 heterocycles. The van der Waals surface area contributed by atoms with Gasteiger partial charge in [-0.15, -0.1) is 0 Å². The average Bonchev–Trinajstić information content (AvgIpc) is 2.25. The first-order valence-corrected chi connectivity index (χ1v) is 8.44. The summed E-state index contributed by atoms with van der Waals surface area (Å²) in [4.78, 5) is 0. The minimum Gasteiger partial charge on any atom is -0.312 e. The second-order valence-corrected chi connectivity index (χ2v) is 8.60. The first-order chi connectivity index (χ1) is 8.69. The van der Waals surface area contributed by atoms with E-state index >= 15 is 0 Å². The first kappa shape index (κ1) is 17.0. The van der Waals surface area contributed by atoms with Gasteiger partial charge in [-0.3, -0.25) is 0 Å². The van der Waals surface area contributed by atoms with E-state index in [-0.39, 0.29) is 5.54 Å². The molecule has 3 atom stereocenters. The van der Waals surface area contributed by atoms with E-state index in [4.69, 9.17) is 0 Å². The summed E-state index contributed by atoms with van der Waals surface area (Å²) in [6, 6.07) is 0. The van der Waals surface area contributed by atoms with Crippen molar-refractivity contribution in [3.05, 3.63) is 0 Å². The van der Waals surface area contributed by atoms with Gasteiger partial charge in [0.15, 0.2) is 0 Å². The molecule has 0 aliphatic heterocycles. The van der Waals surface area contributed by atoms with E-state index in [0.717, 1.165) is 29.6 Å². The van der Waals surface area contributed by atoms with Gasteiger partial charge in [0, 0.05) is 5.54 Å². The molecule has 0 radical (unpaired) electrons. The van der Waals surface area contributed by atoms with Crippen molar-refractivity contribution in [1.82, 2.24) is 5.32 Å². The maximum absolute atomic E-state index is 3.74. The van der Waals surface area contributed by atoms with E-state index in [1.54, 1.807) is 0 Å². The van der Waals surface area contributed by atoms with Gasteiger partial charge in [0.05, 0.1) is 0 Å². The summed E-state index contributed by atoms with van der Waals surface area (Å²) in [5.41, 5.74) is 0.261. The van der Waals surface area contributed by atoms with Gasteiger partial charge in [-0.1, -0.05) is 27.7 Å². The molecule has 0 saturated heterocycles. The molecule has 0 spiro atoms. The Morgan fingerprint density at radius 3 is 2.11 bits per heavy atom. The van der Waals surface area contributed by atoms with Crippen LogP contribution in [0.25, 0.3) is 0 Å². The zero-order valence-electron chi connectivity index (χ0n) is 14.4. The molecule has 1 rings (SSSR count). The Labute approximate surface area is 121 Å². The van der Waals surface area contributed by atoms with Gasteiger partial charge in [-0.2, -0.15) is 0 Å². The van der Waals surface area contributed by atoms with Crippen molar-refractivity contribution < 1.29 is 0 Å². The zero-order chi connectivity index (χ0) is 14.6. The highest BCUT2D eigenvalue weighted by molar-refractivity contribution is 4.85. The third-order valence-corrected chi connectivity index (χ3v) is 4.79. The van der Waals surface area contributed by atoms with Gasteiger partial charge < -0.3 is 5.32 Å². The molecule has 0 aromatic heterocycles. The Kier molecular flexibility index (Phi) is 6.36. The van der Waals surface area contributed by atoms with E-state index in [1.165, 1.54) is 32.2 Å². The standard InChI is InChI=1S/C18H37N/c1-13(2)10-17-11-15(14(3)4)8-9-16(17)12-19-18(5,6)7/h13-17,19H,8-12H2,1-7H3. The molecular weight excluding hydrogens is 230 g/mol. The summed E-state index contributed by atoms with van der Waals surface area (Å²) in [5, 5.41) is 3.74. The fourth-order valence-electron chi connectivity index (χ4n) is 3.57. The van der Waals surface area contributed by atoms with Crippen LogP contribution in [-0.2, 0) is 0 Å². The molecule has 1 N–H and O–H groups in total. The lowest BCUT2D eigenvalue weighted by atomic mass is 9.68. The fourth-order valence-corrected chi connectivity index (χ4v) is 3.57. The zero-order valence-corrected chi connectivity index (χ0v) is 14.4. The molecule has 1 heteroatoms. The molecule has 3 unspecified atom stereocenters. The first-order valence-electron chi connectivity index (χ1n) is 8.44. The van der Waals surface area contributed by atoms with Crippen molar-refractivity contribution in [3.8, 4) is 0 Å². The summed E-state index contributed by atoms with van der Waals surface area (Å²) in [5.74, 6) is 4.52. The Morgan fingerprint density at radius 2 is 1.63 bits per heavy atom. The molecular formula is C18H37N. The highest BCUT2D eigenvalue weighted by atomic mass is 14.9. The second kappa shape index (κ2) is 7.11. The van der Waals surface area contributed by atoms with Crippen LogP contribution in [0.1, 0.15) is 74.1 Å². The van der Waals surface area contributed by atoms with E-state index < -0.39 is 0 Å². The summed E-state index contributed by atoms with van der Waals surface area (Å²) in [7, 11) is 0. The maximum atomic E-state index is 3.74. The molecule has 19 heavy (non-hydrogen) atoms. The minimum absolute atomic E-state index is 0.261. The van der Waals surface area contributed by atoms with Gasteiger partial charge in [-0.05, 0) is 82.6 Å². The van der Waals surface area contributed by atoms with Crippen LogP contribution in [-0.4, -0.2) is 12.1 Å². The molecule has 1 aliphatic rings. The predicted octanol–water partition coefficient (Wildman–Crippen LogP) is 5.11. The van der Waals surface area contributed by atoms with E-state index in [2.05, 4.69) is 53.8 Å². The Balaban J connectivity index is 2.57. The van der Waals surface area contributed by atoms with Crippen LogP contribution in [0.4, 0.5) is 0 Å². The van der Waals surface area contributed by atoms with Crippen molar-refractivity contribution in [2.75, 3.05) is 6.54 Å². The van der Waals surface area contributed by atoms with Gasteiger partial charge in [-0.25, -0.2) is 0 Å². The van der Waals surface area contributed by atoms with Crippen molar-refractivity contribution >= 4 is 0 Å². The molecule has 0 aromatic rings. The molecule has 1 nitrogen and oxygen atoms in total. The van der Waals surface area contributed by atoms with Crippen molar-refractivity contribution in [3.63, 3.8) is 0 Å². The van der Waals surface area contributed by atoms with Crippen LogP contribution in [0.5, 0.6) is 0 Å². The third kappa shape index (κ3) is 6.29. The largest absolute Gasteiger partial charge is 0.312 e. The Hall–Kier alpha value is -0.0400. The number of hydrogen-bond acceptors (Lipinski definition) is 1. The SMILES string of the molecule is CC(C)CC1CC(C(C)C)CCC1CNC(C)(C)C. The van der Waals surface area contributed by atoms with Gasteiger partial charge in [0.25, 0.3) is 0 Å². The summed E-state index contributed by atoms with van der Waals surface area (Å²) in [6.45, 7) is 17.6. The van der Waals surface area contributed by atoms with Crippen molar-refractivity contribution in [1.29, 1.82) is 0 Å². The quantitative estimate of drug-likeness (QED) is 0.730. The molecule has 0 amide bonds. The molecule has 114 valence electrons. The van der Waals surface area contributed by atoms with Crippen LogP contribution in [0.15, 0.2) is 0 Å². The monoisotopic (exact) mass is 267 g/mol. The number of hydrogen-bond donors (Lipinski definition) is 1. The van der Waals surface area contributed by atoms with E-state index in [0.29, 0.717) is 0 Å². The van der Waals surface area contributed by atoms with Crippen LogP contribution < -0.4 is 5.32 Å². The molecule has 0 bridgehead atoms. The number of rotatable bonds is 5. The Bertz CT molecular complexity index is 249. The van der Waals surface area contributed by atoms with Crippen LogP contribution in [0.2, 0.25) is 0 Å². The molecule has 1 aliphatic carbocycles. The topological polar surface area (TPSA) is 12.0 Å². The summed E-state index contributed by atoms with van der Waals surface area (Å²) < 4.78 is 0. The van der Waals surface area contributed by atoms with Crippen molar-refractivity contribution in [2.24, 2.45) is 29.6 Å². The second-order valence-electron chi connectivity index (χ2n) is 8.60. The maximum Gasteiger partial charge on any atom is 0.00966 e. The highest BCUT2D eigenvalue weighted by Crippen LogP contribution is 2.40. The van der Waals surface area contributed by atoms with Crippen LogP contribution in [0.3, 0.4) is 0 Å². The van der Waals surface area contributed by atoms with Gasteiger partial charge >= 0.3 is 0 Å². The van der Waals surface area contributed by atoms with Crippen LogP contribution >= 0.6 is 0 Å². The fraction of sp³-hybridized carbons (Fsp3) is 1.00. The summed E-state index contributed by atoms with van der Waals surface area (Å²) >= 11 is 0. The third-order valence-electron chi connectivity index (χ3n) is 4.79. The summed E-state index contributed by atoms with van der Waals surface area (Å²) in [6.07, 6.45) is 5.76. The van der Waals surface area contributed by atoms with Gasteiger partial charge in [0.1, 0.15) is 0 Å². The lowest BCUT2D eigenvalue weighted by molar-refractivity contribution is 0.122. The molecule has 1 fully saturated rings. The lowest BCUT2D eigenvalue weighted by Gasteiger charge is -2.40.